The summed E-state index contributed by atoms with van der Waals surface area (Å²) in [7, 11) is 0. The Morgan fingerprint density at radius 1 is 1.38 bits per heavy atom. The molecule has 1 fully saturated rings. The summed E-state index contributed by atoms with van der Waals surface area (Å²) >= 11 is 3.05. The first-order chi connectivity index (χ1) is 11.1. The summed E-state index contributed by atoms with van der Waals surface area (Å²) in [5.74, 6) is -1.34. The van der Waals surface area contributed by atoms with E-state index < -0.39 is 35.6 Å². The van der Waals surface area contributed by atoms with Crippen molar-refractivity contribution < 1.29 is 28.6 Å². The fourth-order valence-corrected chi connectivity index (χ4v) is 2.63. The molecule has 2 atom stereocenters. The van der Waals surface area contributed by atoms with Crippen molar-refractivity contribution in [3.63, 3.8) is 0 Å². The molecule has 6 nitrogen and oxygen atoms in total. The highest BCUT2D eigenvalue weighted by molar-refractivity contribution is 9.10. The molecule has 1 amide bonds. The van der Waals surface area contributed by atoms with Crippen LogP contribution in [0.2, 0.25) is 0 Å². The summed E-state index contributed by atoms with van der Waals surface area (Å²) < 4.78 is 24.7. The number of rotatable bonds is 3. The van der Waals surface area contributed by atoms with E-state index in [0.29, 0.717) is 4.47 Å². The van der Waals surface area contributed by atoms with E-state index in [1.54, 1.807) is 26.8 Å². The number of hydrogen-bond donors (Lipinski definition) is 1. The fourth-order valence-electron chi connectivity index (χ4n) is 2.38. The van der Waals surface area contributed by atoms with Crippen LogP contribution in [-0.4, -0.2) is 46.4 Å². The molecule has 2 unspecified atom stereocenters. The van der Waals surface area contributed by atoms with Crippen LogP contribution in [0.4, 0.5) is 9.18 Å². The monoisotopic (exact) mass is 403 g/mol. The van der Waals surface area contributed by atoms with E-state index in [9.17, 15) is 19.1 Å². The first-order valence-corrected chi connectivity index (χ1v) is 8.20. The first kappa shape index (κ1) is 18.5. The lowest BCUT2D eigenvalue weighted by molar-refractivity contribution is -0.142. The van der Waals surface area contributed by atoms with Crippen molar-refractivity contribution in [3.05, 3.63) is 28.5 Å². The van der Waals surface area contributed by atoms with Gasteiger partial charge in [0.15, 0.2) is 0 Å². The number of carbonyl (C=O) groups excluding carboxylic acids is 1. The molecule has 1 N–H and O–H groups in total. The Labute approximate surface area is 147 Å². The number of carboxylic acid groups (broad SMARTS) is 1. The molecular formula is C16H19BrFNO5. The minimum atomic E-state index is -1.13. The Hall–Kier alpha value is -1.83. The van der Waals surface area contributed by atoms with Crippen molar-refractivity contribution in [2.24, 2.45) is 0 Å². The summed E-state index contributed by atoms with van der Waals surface area (Å²) in [6.45, 7) is 5.17. The second kappa shape index (κ2) is 6.96. The SMILES string of the molecule is CC(C)(C)OC(=O)N1CC(Oc2ccc(Br)c(F)c2)CC1C(=O)O. The van der Waals surface area contributed by atoms with Crippen LogP contribution in [0.1, 0.15) is 27.2 Å². The Morgan fingerprint density at radius 3 is 2.58 bits per heavy atom. The summed E-state index contributed by atoms with van der Waals surface area (Å²) in [5.41, 5.74) is -0.728. The summed E-state index contributed by atoms with van der Waals surface area (Å²) in [5, 5.41) is 9.32. The van der Waals surface area contributed by atoms with Gasteiger partial charge < -0.3 is 14.6 Å². The molecule has 1 aliphatic heterocycles. The van der Waals surface area contributed by atoms with Gasteiger partial charge in [0.05, 0.1) is 11.0 Å². The minimum absolute atomic E-state index is 0.0591. The lowest BCUT2D eigenvalue weighted by atomic mass is 10.2. The number of amides is 1. The lowest BCUT2D eigenvalue weighted by Gasteiger charge is -2.26. The van der Waals surface area contributed by atoms with Gasteiger partial charge in [-0.25, -0.2) is 14.0 Å². The van der Waals surface area contributed by atoms with Crippen LogP contribution in [-0.2, 0) is 9.53 Å². The number of ether oxygens (including phenoxy) is 2. The van der Waals surface area contributed by atoms with Crippen molar-refractivity contribution >= 4 is 28.0 Å². The molecule has 132 valence electrons. The third-order valence-corrected chi connectivity index (χ3v) is 4.01. The molecule has 0 spiro atoms. The molecule has 1 saturated heterocycles. The Bertz CT molecular complexity index is 646. The third-order valence-electron chi connectivity index (χ3n) is 3.37. The molecular weight excluding hydrogens is 385 g/mol. The summed E-state index contributed by atoms with van der Waals surface area (Å²) in [4.78, 5) is 24.7. The van der Waals surface area contributed by atoms with Crippen molar-refractivity contribution in [1.29, 1.82) is 0 Å². The smallest absolute Gasteiger partial charge is 0.411 e. The van der Waals surface area contributed by atoms with Crippen LogP contribution < -0.4 is 4.74 Å². The van der Waals surface area contributed by atoms with E-state index in [2.05, 4.69) is 15.9 Å². The summed E-state index contributed by atoms with van der Waals surface area (Å²) in [6.07, 6.45) is -1.16. The number of aliphatic carboxylic acids is 1. The number of halogens is 2. The van der Waals surface area contributed by atoms with Gasteiger partial charge in [-0.3, -0.25) is 4.90 Å². The Balaban J connectivity index is 2.10. The molecule has 0 radical (unpaired) electrons. The second-order valence-electron chi connectivity index (χ2n) is 6.54. The van der Waals surface area contributed by atoms with Gasteiger partial charge in [-0.15, -0.1) is 0 Å². The van der Waals surface area contributed by atoms with E-state index in [4.69, 9.17) is 9.47 Å². The largest absolute Gasteiger partial charge is 0.488 e. The number of nitrogens with zero attached hydrogens (tertiary/aromatic N) is 1. The zero-order valence-electron chi connectivity index (χ0n) is 13.6. The number of benzene rings is 1. The van der Waals surface area contributed by atoms with Crippen LogP contribution in [0, 0.1) is 5.82 Å². The maximum absolute atomic E-state index is 13.5. The first-order valence-electron chi connectivity index (χ1n) is 7.41. The van der Waals surface area contributed by atoms with Gasteiger partial charge in [-0.05, 0) is 48.8 Å². The van der Waals surface area contributed by atoms with Gasteiger partial charge in [0.2, 0.25) is 0 Å². The standard InChI is InChI=1S/C16H19BrFNO5/c1-16(2,3)24-15(22)19-8-10(7-13(19)14(20)21)23-9-4-5-11(17)12(18)6-9/h4-6,10,13H,7-8H2,1-3H3,(H,20,21). The molecule has 0 saturated carbocycles. The van der Waals surface area contributed by atoms with Crippen molar-refractivity contribution in [2.75, 3.05) is 6.54 Å². The maximum atomic E-state index is 13.5. The van der Waals surface area contributed by atoms with Gasteiger partial charge in [0.25, 0.3) is 0 Å². The number of carbonyl (C=O) groups is 2. The van der Waals surface area contributed by atoms with Gasteiger partial charge in [0.1, 0.15) is 29.3 Å². The van der Waals surface area contributed by atoms with E-state index >= 15 is 0 Å². The molecule has 24 heavy (non-hydrogen) atoms. The van der Waals surface area contributed by atoms with Crippen molar-refractivity contribution in [1.82, 2.24) is 4.90 Å². The quantitative estimate of drug-likeness (QED) is 0.836. The average molecular weight is 404 g/mol. The predicted octanol–water partition coefficient (Wildman–Crippen LogP) is 3.43. The van der Waals surface area contributed by atoms with Crippen LogP contribution in [0.3, 0.4) is 0 Å². The predicted molar refractivity (Wildman–Crippen MR) is 87.5 cm³/mol. The van der Waals surface area contributed by atoms with E-state index in [1.165, 1.54) is 12.1 Å². The van der Waals surface area contributed by atoms with E-state index in [-0.39, 0.29) is 18.7 Å². The fraction of sp³-hybridized carbons (Fsp3) is 0.500. The van der Waals surface area contributed by atoms with E-state index in [0.717, 1.165) is 4.90 Å². The van der Waals surface area contributed by atoms with Gasteiger partial charge in [-0.2, -0.15) is 0 Å². The molecule has 0 aliphatic carbocycles. The maximum Gasteiger partial charge on any atom is 0.411 e. The highest BCUT2D eigenvalue weighted by Crippen LogP contribution is 2.27. The van der Waals surface area contributed by atoms with Crippen LogP contribution in [0.5, 0.6) is 5.75 Å². The zero-order chi connectivity index (χ0) is 18.1. The molecule has 1 aliphatic rings. The van der Waals surface area contributed by atoms with Crippen LogP contribution in [0.25, 0.3) is 0 Å². The van der Waals surface area contributed by atoms with Crippen molar-refractivity contribution in [2.45, 2.75) is 44.9 Å². The normalized spacial score (nSPS) is 20.8. The molecule has 0 bridgehead atoms. The minimum Gasteiger partial charge on any atom is -0.488 e. The van der Waals surface area contributed by atoms with Crippen molar-refractivity contribution in [3.8, 4) is 5.75 Å². The van der Waals surface area contributed by atoms with Gasteiger partial charge in [-0.1, -0.05) is 0 Å². The molecule has 2 rings (SSSR count). The highest BCUT2D eigenvalue weighted by Gasteiger charge is 2.42. The number of hydrogen-bond acceptors (Lipinski definition) is 4. The Morgan fingerprint density at radius 2 is 2.04 bits per heavy atom. The highest BCUT2D eigenvalue weighted by atomic mass is 79.9. The van der Waals surface area contributed by atoms with Crippen LogP contribution >= 0.6 is 15.9 Å². The third kappa shape index (κ3) is 4.59. The molecule has 8 heteroatoms. The number of likely N-dealkylation sites (tertiary alicyclic amines) is 1. The molecule has 1 aromatic carbocycles. The lowest BCUT2D eigenvalue weighted by Crippen LogP contribution is -2.43. The molecule has 1 heterocycles. The van der Waals surface area contributed by atoms with E-state index in [1.807, 2.05) is 0 Å². The molecule has 0 aromatic heterocycles. The zero-order valence-corrected chi connectivity index (χ0v) is 15.2. The average Bonchev–Trinajstić information content (AvgIpc) is 2.85. The second-order valence-corrected chi connectivity index (χ2v) is 7.39. The topological polar surface area (TPSA) is 76.1 Å². The van der Waals surface area contributed by atoms with Crippen LogP contribution in [0.15, 0.2) is 22.7 Å². The molecule has 1 aromatic rings. The van der Waals surface area contributed by atoms with Gasteiger partial charge >= 0.3 is 12.1 Å². The Kier molecular flexibility index (Phi) is 5.37. The number of carboxylic acids is 1. The van der Waals surface area contributed by atoms with Gasteiger partial charge in [0, 0.05) is 12.5 Å². The summed E-state index contributed by atoms with van der Waals surface area (Å²) in [6, 6.07) is 3.24.